The maximum absolute atomic E-state index is 11.9. The minimum atomic E-state index is -0.278. The van der Waals surface area contributed by atoms with Gasteiger partial charge in [-0.1, -0.05) is 12.1 Å². The van der Waals surface area contributed by atoms with Gasteiger partial charge in [0.25, 0.3) is 5.91 Å². The fraction of sp³-hybridized carbons (Fsp3) is 0.222. The molecule has 0 saturated carbocycles. The summed E-state index contributed by atoms with van der Waals surface area (Å²) < 4.78 is 1.85. The summed E-state index contributed by atoms with van der Waals surface area (Å²) in [7, 11) is 0. The highest BCUT2D eigenvalue weighted by Gasteiger charge is 2.08. The first-order valence-electron chi connectivity index (χ1n) is 7.73. The third-order valence-corrected chi connectivity index (χ3v) is 4.88. The second-order valence-electron chi connectivity index (χ2n) is 5.34. The summed E-state index contributed by atoms with van der Waals surface area (Å²) in [5.41, 5.74) is 0.994. The average molecular weight is 564 g/mol. The number of aliphatic imine (C=N–C) groups is 1. The van der Waals surface area contributed by atoms with Crippen LogP contribution in [0.4, 0.5) is 0 Å². The molecule has 5 nitrogen and oxygen atoms in total. The minimum absolute atomic E-state index is 0.0171. The number of phenolic OH excluding ortho intramolecular Hbond substituents is 2. The van der Waals surface area contributed by atoms with Crippen molar-refractivity contribution in [2.24, 2.45) is 4.99 Å². The van der Waals surface area contributed by atoms with Gasteiger partial charge in [0.1, 0.15) is 11.5 Å². The van der Waals surface area contributed by atoms with Crippen molar-refractivity contribution >= 4 is 57.3 Å². The number of aromatic hydroxyl groups is 2. The molecule has 0 radical (unpaired) electrons. The molecular formula is C18H18I2N2O3. The second-order valence-corrected chi connectivity index (χ2v) is 7.75. The number of nitrogens with one attached hydrogen (secondary N) is 1. The molecule has 0 unspecified atom stereocenters. The maximum atomic E-state index is 11.9. The molecule has 7 heteroatoms. The van der Waals surface area contributed by atoms with Gasteiger partial charge in [-0.15, -0.1) is 0 Å². The van der Waals surface area contributed by atoms with Gasteiger partial charge < -0.3 is 15.5 Å². The summed E-state index contributed by atoms with van der Waals surface area (Å²) in [4.78, 5) is 16.2. The van der Waals surface area contributed by atoms with E-state index in [-0.39, 0.29) is 23.0 Å². The maximum Gasteiger partial charge on any atom is 0.255 e. The molecule has 0 heterocycles. The summed E-state index contributed by atoms with van der Waals surface area (Å²) >= 11 is 4.30. The van der Waals surface area contributed by atoms with E-state index in [9.17, 15) is 15.0 Å². The van der Waals surface area contributed by atoms with Gasteiger partial charge in [0.2, 0.25) is 0 Å². The van der Waals surface area contributed by atoms with Crippen LogP contribution in [0.1, 0.15) is 28.8 Å². The van der Waals surface area contributed by atoms with Crippen molar-refractivity contribution in [1.29, 1.82) is 0 Å². The molecule has 0 fully saturated rings. The Balaban J connectivity index is 1.72. The topological polar surface area (TPSA) is 81.9 Å². The average Bonchev–Trinajstić information content (AvgIpc) is 2.58. The molecule has 25 heavy (non-hydrogen) atoms. The molecule has 0 aliphatic rings. The Bertz CT molecular complexity index is 779. The van der Waals surface area contributed by atoms with E-state index in [1.807, 2.05) is 12.1 Å². The third-order valence-electron chi connectivity index (χ3n) is 3.44. The summed E-state index contributed by atoms with van der Waals surface area (Å²) in [5, 5.41) is 22.4. The predicted molar refractivity (Wildman–Crippen MR) is 116 cm³/mol. The lowest BCUT2D eigenvalue weighted by Gasteiger charge is -2.06. The zero-order chi connectivity index (χ0) is 18.2. The number of amides is 1. The van der Waals surface area contributed by atoms with E-state index in [4.69, 9.17) is 0 Å². The number of para-hydroxylation sites is 1. The summed E-state index contributed by atoms with van der Waals surface area (Å²) in [6.45, 7) is 1.14. The van der Waals surface area contributed by atoms with Gasteiger partial charge in [0, 0.05) is 28.4 Å². The van der Waals surface area contributed by atoms with Gasteiger partial charge in [0.05, 0.1) is 9.13 Å². The fourth-order valence-corrected chi connectivity index (χ4v) is 4.03. The van der Waals surface area contributed by atoms with E-state index >= 15 is 0 Å². The first-order valence-corrected chi connectivity index (χ1v) is 9.89. The second kappa shape index (κ2) is 9.95. The van der Waals surface area contributed by atoms with E-state index in [0.29, 0.717) is 18.7 Å². The van der Waals surface area contributed by atoms with Crippen LogP contribution in [-0.4, -0.2) is 35.4 Å². The van der Waals surface area contributed by atoms with Crippen molar-refractivity contribution in [1.82, 2.24) is 5.32 Å². The van der Waals surface area contributed by atoms with Crippen molar-refractivity contribution < 1.29 is 15.0 Å². The van der Waals surface area contributed by atoms with Gasteiger partial charge in [-0.25, -0.2) is 0 Å². The lowest BCUT2D eigenvalue weighted by molar-refractivity contribution is 0.0950. The lowest BCUT2D eigenvalue weighted by atomic mass is 10.2. The zero-order valence-corrected chi connectivity index (χ0v) is 17.7. The van der Waals surface area contributed by atoms with Crippen LogP contribution in [0.15, 0.2) is 41.4 Å². The molecule has 132 valence electrons. The molecule has 0 aliphatic heterocycles. The highest BCUT2D eigenvalue weighted by Crippen LogP contribution is 2.25. The Hall–Kier alpha value is -1.36. The summed E-state index contributed by atoms with van der Waals surface area (Å²) in [6.07, 6.45) is 3.28. The van der Waals surface area contributed by atoms with Crippen LogP contribution in [0, 0.1) is 7.14 Å². The van der Waals surface area contributed by atoms with E-state index in [1.54, 1.807) is 24.4 Å². The quantitative estimate of drug-likeness (QED) is 0.271. The molecule has 2 rings (SSSR count). The lowest BCUT2D eigenvalue weighted by Crippen LogP contribution is -2.24. The number of carbonyl (C=O) groups excluding carboxylic acids is 1. The Morgan fingerprint density at radius 3 is 2.68 bits per heavy atom. The molecule has 1 amide bonds. The van der Waals surface area contributed by atoms with Crippen molar-refractivity contribution in [2.75, 3.05) is 13.1 Å². The van der Waals surface area contributed by atoms with E-state index in [1.165, 1.54) is 6.07 Å². The van der Waals surface area contributed by atoms with Crippen LogP contribution in [0.2, 0.25) is 0 Å². The van der Waals surface area contributed by atoms with Crippen LogP contribution in [-0.2, 0) is 0 Å². The van der Waals surface area contributed by atoms with Crippen LogP contribution in [0.3, 0.4) is 0 Å². The molecular weight excluding hydrogens is 546 g/mol. The third kappa shape index (κ3) is 6.14. The number of nitrogens with zero attached hydrogens (tertiary/aromatic N) is 1. The fourth-order valence-electron chi connectivity index (χ4n) is 2.14. The van der Waals surface area contributed by atoms with Gasteiger partial charge in [-0.3, -0.25) is 9.79 Å². The normalized spacial score (nSPS) is 11.0. The smallest absolute Gasteiger partial charge is 0.255 e. The zero-order valence-electron chi connectivity index (χ0n) is 13.4. The van der Waals surface area contributed by atoms with E-state index < -0.39 is 0 Å². The monoisotopic (exact) mass is 564 g/mol. The number of hydrogen-bond donors (Lipinski definition) is 3. The molecule has 3 N–H and O–H groups in total. The number of unbranched alkanes of at least 4 members (excludes halogenated alkanes) is 1. The first-order chi connectivity index (χ1) is 12.0. The Morgan fingerprint density at radius 2 is 1.92 bits per heavy atom. The summed E-state index contributed by atoms with van der Waals surface area (Å²) in [5.74, 6) is -0.0452. The molecule has 2 aromatic rings. The predicted octanol–water partition coefficient (Wildman–Crippen LogP) is 3.94. The number of rotatable bonds is 7. The van der Waals surface area contributed by atoms with Crippen LogP contribution in [0.25, 0.3) is 0 Å². The molecule has 0 spiro atoms. The van der Waals surface area contributed by atoms with Crippen molar-refractivity contribution in [3.8, 4) is 11.5 Å². The molecule has 0 aromatic heterocycles. The molecule has 0 bridgehead atoms. The Morgan fingerprint density at radius 1 is 1.16 bits per heavy atom. The minimum Gasteiger partial charge on any atom is -0.507 e. The molecule has 0 atom stereocenters. The first kappa shape index (κ1) is 20.0. The standard InChI is InChI=1S/C18H18I2N2O3/c19-13-9-12(17(24)15(20)10-13)11-21-7-3-4-8-22-18(25)14-5-1-2-6-16(14)23/h1-2,5-6,9-11,23-24H,3-4,7-8H2,(H,22,25). The number of hydrogen-bond acceptors (Lipinski definition) is 4. The summed E-state index contributed by atoms with van der Waals surface area (Å²) in [6, 6.07) is 10.3. The van der Waals surface area contributed by atoms with Crippen molar-refractivity contribution in [3.63, 3.8) is 0 Å². The Labute approximate surface area is 173 Å². The number of carbonyl (C=O) groups is 1. The van der Waals surface area contributed by atoms with Gasteiger partial charge >= 0.3 is 0 Å². The number of halogens is 2. The molecule has 0 saturated heterocycles. The Kier molecular flexibility index (Phi) is 7.94. The van der Waals surface area contributed by atoms with Crippen LogP contribution >= 0.6 is 45.2 Å². The van der Waals surface area contributed by atoms with E-state index in [0.717, 1.165) is 20.0 Å². The highest BCUT2D eigenvalue weighted by molar-refractivity contribution is 14.1. The van der Waals surface area contributed by atoms with Crippen molar-refractivity contribution in [3.05, 3.63) is 54.7 Å². The van der Waals surface area contributed by atoms with Gasteiger partial charge in [-0.05, 0) is 82.3 Å². The van der Waals surface area contributed by atoms with E-state index in [2.05, 4.69) is 55.5 Å². The largest absolute Gasteiger partial charge is 0.507 e. The van der Waals surface area contributed by atoms with Gasteiger partial charge in [-0.2, -0.15) is 0 Å². The number of phenols is 2. The highest BCUT2D eigenvalue weighted by atomic mass is 127. The SMILES string of the molecule is O=C(NCCCCN=Cc1cc(I)cc(I)c1O)c1ccccc1O. The van der Waals surface area contributed by atoms with Crippen molar-refractivity contribution in [2.45, 2.75) is 12.8 Å². The molecule has 0 aliphatic carbocycles. The molecule has 2 aromatic carbocycles. The van der Waals surface area contributed by atoms with Gasteiger partial charge in [0.15, 0.2) is 0 Å². The number of benzene rings is 2. The van der Waals surface area contributed by atoms with Crippen LogP contribution < -0.4 is 5.32 Å². The van der Waals surface area contributed by atoms with Crippen LogP contribution in [0.5, 0.6) is 11.5 Å².